The van der Waals surface area contributed by atoms with Crippen molar-refractivity contribution in [3.63, 3.8) is 0 Å². The van der Waals surface area contributed by atoms with E-state index in [0.717, 1.165) is 5.56 Å². The van der Waals surface area contributed by atoms with Crippen molar-refractivity contribution < 1.29 is 4.39 Å². The van der Waals surface area contributed by atoms with Crippen LogP contribution in [0.2, 0.25) is 0 Å². The number of nitrogens with one attached hydrogen (secondary N) is 1. The molecule has 3 N–H and O–H groups in total. The van der Waals surface area contributed by atoms with E-state index in [1.54, 1.807) is 6.92 Å². The van der Waals surface area contributed by atoms with Crippen LogP contribution in [0.5, 0.6) is 0 Å². The van der Waals surface area contributed by atoms with Crippen LogP contribution in [-0.4, -0.2) is 0 Å². The Hall–Kier alpha value is -0.930. The summed E-state index contributed by atoms with van der Waals surface area (Å²) in [7, 11) is 0. The fourth-order valence-electron chi connectivity index (χ4n) is 3.28. The second-order valence-electron chi connectivity index (χ2n) is 6.14. The lowest BCUT2D eigenvalue weighted by Gasteiger charge is -2.34. The number of hydrazine groups is 1. The van der Waals surface area contributed by atoms with Crippen LogP contribution < -0.4 is 11.3 Å². The van der Waals surface area contributed by atoms with Crippen molar-refractivity contribution >= 4 is 0 Å². The third kappa shape index (κ3) is 2.43. The van der Waals surface area contributed by atoms with Crippen LogP contribution in [0.15, 0.2) is 18.2 Å². The molecule has 1 saturated carbocycles. The maximum atomic E-state index is 13.3. The van der Waals surface area contributed by atoms with Crippen LogP contribution in [0, 0.1) is 24.1 Å². The van der Waals surface area contributed by atoms with Gasteiger partial charge in [0.1, 0.15) is 5.82 Å². The zero-order chi connectivity index (χ0) is 13.3. The molecule has 0 spiro atoms. The van der Waals surface area contributed by atoms with Crippen LogP contribution >= 0.6 is 0 Å². The van der Waals surface area contributed by atoms with E-state index in [1.165, 1.54) is 25.3 Å². The van der Waals surface area contributed by atoms with Gasteiger partial charge in [0.15, 0.2) is 0 Å². The highest BCUT2D eigenvalue weighted by atomic mass is 19.1. The number of nitrogens with two attached hydrogens (primary N) is 1. The van der Waals surface area contributed by atoms with E-state index in [0.29, 0.717) is 16.9 Å². The summed E-state index contributed by atoms with van der Waals surface area (Å²) in [6.45, 7) is 6.39. The van der Waals surface area contributed by atoms with Crippen LogP contribution in [-0.2, 0) is 0 Å². The van der Waals surface area contributed by atoms with Crippen molar-refractivity contribution in [1.82, 2.24) is 5.43 Å². The lowest BCUT2D eigenvalue weighted by Crippen LogP contribution is -2.37. The number of aryl methyl sites for hydroxylation is 1. The van der Waals surface area contributed by atoms with Gasteiger partial charge in [0.25, 0.3) is 0 Å². The zero-order valence-electron chi connectivity index (χ0n) is 11.5. The normalized spacial score (nSPS) is 24.2. The monoisotopic (exact) mass is 250 g/mol. The summed E-state index contributed by atoms with van der Waals surface area (Å²) in [5, 5.41) is 0. The van der Waals surface area contributed by atoms with Crippen LogP contribution in [0.25, 0.3) is 0 Å². The maximum absolute atomic E-state index is 13.3. The van der Waals surface area contributed by atoms with Crippen molar-refractivity contribution in [3.05, 3.63) is 35.1 Å². The number of hydrogen-bond acceptors (Lipinski definition) is 2. The van der Waals surface area contributed by atoms with E-state index < -0.39 is 0 Å². The molecular weight excluding hydrogens is 227 g/mol. The fourth-order valence-corrected chi connectivity index (χ4v) is 3.28. The molecule has 2 nitrogen and oxygen atoms in total. The van der Waals surface area contributed by atoms with Gasteiger partial charge in [-0.25, -0.2) is 4.39 Å². The van der Waals surface area contributed by atoms with Gasteiger partial charge in [-0.15, -0.1) is 0 Å². The second kappa shape index (κ2) is 4.98. The number of benzene rings is 1. The molecule has 1 aliphatic carbocycles. The minimum absolute atomic E-state index is 0.113. The van der Waals surface area contributed by atoms with E-state index >= 15 is 0 Å². The molecule has 18 heavy (non-hydrogen) atoms. The summed E-state index contributed by atoms with van der Waals surface area (Å²) < 4.78 is 13.3. The summed E-state index contributed by atoms with van der Waals surface area (Å²) in [6.07, 6.45) is 3.66. The van der Waals surface area contributed by atoms with Gasteiger partial charge in [0, 0.05) is 6.04 Å². The first-order valence-electron chi connectivity index (χ1n) is 6.68. The summed E-state index contributed by atoms with van der Waals surface area (Å²) >= 11 is 0. The molecule has 0 heterocycles. The van der Waals surface area contributed by atoms with Gasteiger partial charge >= 0.3 is 0 Å². The highest BCUT2D eigenvalue weighted by Gasteiger charge is 2.39. The number of halogens is 1. The summed E-state index contributed by atoms with van der Waals surface area (Å²) in [5.74, 6) is 6.10. The largest absolute Gasteiger partial charge is 0.271 e. The molecular formula is C15H23FN2. The predicted octanol–water partition coefficient (Wildman–Crippen LogP) is 3.46. The average molecular weight is 250 g/mol. The Kier molecular flexibility index (Phi) is 3.74. The predicted molar refractivity (Wildman–Crippen MR) is 72.3 cm³/mol. The summed E-state index contributed by atoms with van der Waals surface area (Å²) in [5.41, 5.74) is 5.01. The minimum Gasteiger partial charge on any atom is -0.271 e. The van der Waals surface area contributed by atoms with Crippen LogP contribution in [0.4, 0.5) is 4.39 Å². The lowest BCUT2D eigenvalue weighted by molar-refractivity contribution is 0.198. The Labute approximate surface area is 109 Å². The second-order valence-corrected chi connectivity index (χ2v) is 6.14. The molecule has 0 bridgehead atoms. The highest BCUT2D eigenvalue weighted by molar-refractivity contribution is 5.27. The third-order valence-corrected chi connectivity index (χ3v) is 4.46. The maximum Gasteiger partial charge on any atom is 0.126 e. The van der Waals surface area contributed by atoms with Gasteiger partial charge < -0.3 is 0 Å². The number of rotatable bonds is 3. The molecule has 3 heteroatoms. The summed E-state index contributed by atoms with van der Waals surface area (Å²) in [4.78, 5) is 0. The van der Waals surface area contributed by atoms with Crippen LogP contribution in [0.1, 0.15) is 50.3 Å². The molecule has 1 fully saturated rings. The van der Waals surface area contributed by atoms with Gasteiger partial charge in [-0.2, -0.15) is 0 Å². The molecule has 2 rings (SSSR count). The Morgan fingerprint density at radius 2 is 2.17 bits per heavy atom. The van der Waals surface area contributed by atoms with E-state index in [4.69, 9.17) is 5.84 Å². The fraction of sp³-hybridized carbons (Fsp3) is 0.600. The van der Waals surface area contributed by atoms with Gasteiger partial charge in [-0.1, -0.05) is 32.4 Å². The van der Waals surface area contributed by atoms with E-state index in [-0.39, 0.29) is 11.9 Å². The Balaban J connectivity index is 2.30. The first-order valence-corrected chi connectivity index (χ1v) is 6.68. The smallest absolute Gasteiger partial charge is 0.126 e. The molecule has 2 unspecified atom stereocenters. The Bertz CT molecular complexity index is 429. The highest BCUT2D eigenvalue weighted by Crippen LogP contribution is 2.48. The first kappa shape index (κ1) is 13.5. The molecule has 100 valence electrons. The van der Waals surface area contributed by atoms with Gasteiger partial charge in [0.05, 0.1) is 0 Å². The molecule has 1 aliphatic rings. The molecule has 1 aromatic carbocycles. The molecule has 0 aliphatic heterocycles. The SMILES string of the molecule is Cc1cc(C(NN)C2CCCC2(C)C)ccc1F. The molecule has 0 amide bonds. The Morgan fingerprint density at radius 3 is 2.67 bits per heavy atom. The minimum atomic E-state index is -0.153. The van der Waals surface area contributed by atoms with E-state index in [1.807, 2.05) is 12.1 Å². The van der Waals surface area contributed by atoms with Crippen LogP contribution in [0.3, 0.4) is 0 Å². The average Bonchev–Trinajstić information content (AvgIpc) is 2.65. The number of hydrogen-bond donors (Lipinski definition) is 2. The van der Waals surface area contributed by atoms with E-state index in [9.17, 15) is 4.39 Å². The van der Waals surface area contributed by atoms with Crippen molar-refractivity contribution in [2.75, 3.05) is 0 Å². The topological polar surface area (TPSA) is 38.0 Å². The standard InChI is InChI=1S/C15H23FN2/c1-10-9-11(6-7-13(10)16)14(18-17)12-5-4-8-15(12,2)3/h6-7,9,12,14,18H,4-5,8,17H2,1-3H3. The first-order chi connectivity index (χ1) is 8.45. The van der Waals surface area contributed by atoms with E-state index in [2.05, 4.69) is 19.3 Å². The lowest BCUT2D eigenvalue weighted by atomic mass is 9.75. The van der Waals surface area contributed by atoms with Gasteiger partial charge in [0.2, 0.25) is 0 Å². The quantitative estimate of drug-likeness (QED) is 0.637. The molecule has 2 atom stereocenters. The van der Waals surface area contributed by atoms with Crippen molar-refractivity contribution in [2.45, 2.75) is 46.1 Å². The molecule has 0 radical (unpaired) electrons. The summed E-state index contributed by atoms with van der Waals surface area (Å²) in [6, 6.07) is 5.41. The zero-order valence-corrected chi connectivity index (χ0v) is 11.5. The van der Waals surface area contributed by atoms with Crippen molar-refractivity contribution in [2.24, 2.45) is 17.2 Å². The van der Waals surface area contributed by atoms with Crippen molar-refractivity contribution in [3.8, 4) is 0 Å². The van der Waals surface area contributed by atoms with Gasteiger partial charge in [-0.05, 0) is 48.3 Å². The molecule has 0 aromatic heterocycles. The molecule has 1 aromatic rings. The molecule has 0 saturated heterocycles. The van der Waals surface area contributed by atoms with Gasteiger partial charge in [-0.3, -0.25) is 11.3 Å². The third-order valence-electron chi connectivity index (χ3n) is 4.46. The van der Waals surface area contributed by atoms with Crippen molar-refractivity contribution in [1.29, 1.82) is 0 Å². The Morgan fingerprint density at radius 1 is 1.44 bits per heavy atom.